The normalized spacial score (nSPS) is 21.8. The number of carbonyl (C=O) groups is 2. The average Bonchev–Trinajstić information content (AvgIpc) is 2.34. The van der Waals surface area contributed by atoms with Crippen molar-refractivity contribution in [2.24, 2.45) is 4.99 Å². The van der Waals surface area contributed by atoms with Gasteiger partial charge in [-0.25, -0.2) is 9.79 Å². The molecule has 1 rings (SSSR count). The number of amidine groups is 1. The fourth-order valence-corrected chi connectivity index (χ4v) is 1.67. The van der Waals surface area contributed by atoms with Gasteiger partial charge in [-0.05, 0) is 0 Å². The molecule has 0 aromatic carbocycles. The molecule has 0 bridgehead atoms. The van der Waals surface area contributed by atoms with E-state index in [4.69, 9.17) is 5.11 Å². The first-order valence-electron chi connectivity index (χ1n) is 3.30. The van der Waals surface area contributed by atoms with Gasteiger partial charge in [0.15, 0.2) is 11.2 Å². The zero-order chi connectivity index (χ0) is 9.14. The Hall–Kier alpha value is -1.04. The maximum Gasteiger partial charge on any atom is 0.329 e. The molecule has 0 aliphatic carbocycles. The Morgan fingerprint density at radius 2 is 2.42 bits per heavy atom. The van der Waals surface area contributed by atoms with Gasteiger partial charge in [-0.15, -0.1) is 0 Å². The van der Waals surface area contributed by atoms with Crippen LogP contribution >= 0.6 is 11.8 Å². The molecule has 6 heteroatoms. The lowest BCUT2D eigenvalue weighted by Crippen LogP contribution is -2.24. The molecule has 66 valence electrons. The van der Waals surface area contributed by atoms with Crippen LogP contribution in [0.5, 0.6) is 0 Å². The van der Waals surface area contributed by atoms with E-state index >= 15 is 0 Å². The highest BCUT2D eigenvalue weighted by atomic mass is 32.2. The van der Waals surface area contributed by atoms with Crippen LogP contribution in [0, 0.1) is 0 Å². The van der Waals surface area contributed by atoms with Crippen molar-refractivity contribution in [3.63, 3.8) is 0 Å². The highest BCUT2D eigenvalue weighted by molar-refractivity contribution is 8.14. The molecule has 0 aromatic rings. The van der Waals surface area contributed by atoms with E-state index in [0.717, 1.165) is 0 Å². The number of carboxylic acids is 1. The second kappa shape index (κ2) is 3.57. The Morgan fingerprint density at radius 3 is 2.83 bits per heavy atom. The van der Waals surface area contributed by atoms with Gasteiger partial charge in [0.25, 0.3) is 0 Å². The molecular formula is C6H8N2O3S. The number of nitrogens with zero attached hydrogens (tertiary/aromatic N) is 1. The summed E-state index contributed by atoms with van der Waals surface area (Å²) in [5.74, 6) is -0.791. The molecule has 12 heavy (non-hydrogen) atoms. The Labute approximate surface area is 73.2 Å². The summed E-state index contributed by atoms with van der Waals surface area (Å²) >= 11 is 1.24. The summed E-state index contributed by atoms with van der Waals surface area (Å²) in [6.45, 7) is 1.36. The molecule has 0 saturated heterocycles. The second-order valence-electron chi connectivity index (χ2n) is 2.28. The molecule has 1 aliphatic rings. The first kappa shape index (κ1) is 9.05. The van der Waals surface area contributed by atoms with Crippen LogP contribution in [0.25, 0.3) is 0 Å². The van der Waals surface area contributed by atoms with Crippen molar-refractivity contribution in [2.45, 2.75) is 13.0 Å². The van der Waals surface area contributed by atoms with Gasteiger partial charge in [0, 0.05) is 12.7 Å². The fraction of sp³-hybridized carbons (Fsp3) is 0.500. The van der Waals surface area contributed by atoms with Gasteiger partial charge in [0.2, 0.25) is 5.91 Å². The number of aliphatic imine (C=N–C) groups is 1. The minimum atomic E-state index is -0.956. The number of carboxylic acid groups (broad SMARTS) is 1. The maximum atomic E-state index is 10.5. The molecule has 5 nitrogen and oxygen atoms in total. The van der Waals surface area contributed by atoms with Crippen molar-refractivity contribution >= 4 is 28.8 Å². The summed E-state index contributed by atoms with van der Waals surface area (Å²) in [6.07, 6.45) is 0. The van der Waals surface area contributed by atoms with Gasteiger partial charge in [-0.1, -0.05) is 11.8 Å². The van der Waals surface area contributed by atoms with Crippen molar-refractivity contribution in [3.8, 4) is 0 Å². The molecule has 0 unspecified atom stereocenters. The number of carbonyl (C=O) groups excluding carboxylic acids is 1. The minimum Gasteiger partial charge on any atom is -0.480 e. The first-order chi connectivity index (χ1) is 5.59. The van der Waals surface area contributed by atoms with E-state index in [2.05, 4.69) is 10.3 Å². The predicted molar refractivity (Wildman–Crippen MR) is 45.1 cm³/mol. The molecule has 1 atom stereocenters. The van der Waals surface area contributed by atoms with E-state index in [-0.39, 0.29) is 5.91 Å². The number of hydrogen-bond donors (Lipinski definition) is 2. The van der Waals surface area contributed by atoms with Crippen LogP contribution < -0.4 is 5.32 Å². The van der Waals surface area contributed by atoms with Gasteiger partial charge in [0.05, 0.1) is 0 Å². The van der Waals surface area contributed by atoms with Crippen LogP contribution in [0.15, 0.2) is 4.99 Å². The summed E-state index contributed by atoms with van der Waals surface area (Å²) in [7, 11) is 0. The van der Waals surface area contributed by atoms with E-state index in [1.54, 1.807) is 0 Å². The predicted octanol–water partition coefficient (Wildman–Crippen LogP) is -0.321. The van der Waals surface area contributed by atoms with E-state index in [1.807, 2.05) is 0 Å². The molecular weight excluding hydrogens is 180 g/mol. The Morgan fingerprint density at radius 1 is 1.75 bits per heavy atom. The van der Waals surface area contributed by atoms with Crippen LogP contribution in [-0.2, 0) is 9.59 Å². The molecule has 1 heterocycles. The summed E-state index contributed by atoms with van der Waals surface area (Å²) < 4.78 is 0. The number of nitrogens with one attached hydrogen (secondary N) is 1. The quantitative estimate of drug-likeness (QED) is 0.591. The molecule has 2 N–H and O–H groups in total. The summed E-state index contributed by atoms with van der Waals surface area (Å²) in [4.78, 5) is 24.7. The number of amides is 1. The van der Waals surface area contributed by atoms with Crippen LogP contribution in [0.4, 0.5) is 0 Å². The summed E-state index contributed by atoms with van der Waals surface area (Å²) in [5.41, 5.74) is 0. The van der Waals surface area contributed by atoms with Crippen molar-refractivity contribution in [1.29, 1.82) is 0 Å². The first-order valence-corrected chi connectivity index (χ1v) is 4.29. The molecule has 0 saturated carbocycles. The summed E-state index contributed by atoms with van der Waals surface area (Å²) in [6, 6.07) is -0.711. The van der Waals surface area contributed by atoms with E-state index < -0.39 is 12.0 Å². The smallest absolute Gasteiger partial charge is 0.329 e. The third-order valence-corrected chi connectivity index (χ3v) is 2.18. The van der Waals surface area contributed by atoms with E-state index in [9.17, 15) is 9.59 Å². The second-order valence-corrected chi connectivity index (χ2v) is 3.29. The Kier molecular flexibility index (Phi) is 2.69. The van der Waals surface area contributed by atoms with Crippen LogP contribution in [0.3, 0.4) is 0 Å². The standard InChI is InChI=1S/C6H8N2O3S/c1-3(9)7-6-8-4(2-12-6)5(10)11/h4H,2H2,1H3,(H,10,11)(H,7,8,9)/t4-/m0/s1. The largest absolute Gasteiger partial charge is 0.480 e. The number of rotatable bonds is 1. The van der Waals surface area contributed by atoms with Gasteiger partial charge in [-0.3, -0.25) is 4.79 Å². The van der Waals surface area contributed by atoms with E-state index in [0.29, 0.717) is 10.9 Å². The van der Waals surface area contributed by atoms with Crippen molar-refractivity contribution in [3.05, 3.63) is 0 Å². The summed E-state index contributed by atoms with van der Waals surface area (Å²) in [5, 5.41) is 11.4. The van der Waals surface area contributed by atoms with Crippen LogP contribution in [0.2, 0.25) is 0 Å². The van der Waals surface area contributed by atoms with Crippen LogP contribution in [0.1, 0.15) is 6.92 Å². The molecule has 0 fully saturated rings. The van der Waals surface area contributed by atoms with Crippen molar-refractivity contribution < 1.29 is 14.7 Å². The molecule has 1 amide bonds. The fourth-order valence-electron chi connectivity index (χ4n) is 0.719. The number of aliphatic carboxylic acids is 1. The van der Waals surface area contributed by atoms with E-state index in [1.165, 1.54) is 18.7 Å². The molecule has 0 spiro atoms. The van der Waals surface area contributed by atoms with Gasteiger partial charge < -0.3 is 10.4 Å². The Bertz CT molecular complexity index is 251. The van der Waals surface area contributed by atoms with Crippen molar-refractivity contribution in [2.75, 3.05) is 5.75 Å². The lowest BCUT2D eigenvalue weighted by Gasteiger charge is -1.96. The lowest BCUT2D eigenvalue weighted by molar-refractivity contribution is -0.137. The number of thioether (sulfide) groups is 1. The maximum absolute atomic E-state index is 10.5. The zero-order valence-corrected chi connectivity index (χ0v) is 7.22. The third kappa shape index (κ3) is 2.23. The monoisotopic (exact) mass is 188 g/mol. The van der Waals surface area contributed by atoms with Gasteiger partial charge in [-0.2, -0.15) is 0 Å². The topological polar surface area (TPSA) is 78.8 Å². The highest BCUT2D eigenvalue weighted by Gasteiger charge is 2.24. The van der Waals surface area contributed by atoms with Crippen molar-refractivity contribution in [1.82, 2.24) is 5.32 Å². The van der Waals surface area contributed by atoms with Crippen LogP contribution in [-0.4, -0.2) is 33.9 Å². The average molecular weight is 188 g/mol. The SMILES string of the molecule is CC(=O)NC1=N[C@H](C(=O)O)CS1. The zero-order valence-electron chi connectivity index (χ0n) is 6.40. The molecule has 1 aliphatic heterocycles. The third-order valence-electron chi connectivity index (χ3n) is 1.22. The number of hydrogen-bond acceptors (Lipinski definition) is 4. The highest BCUT2D eigenvalue weighted by Crippen LogP contribution is 2.16. The van der Waals surface area contributed by atoms with Gasteiger partial charge in [0.1, 0.15) is 0 Å². The minimum absolute atomic E-state index is 0.229. The van der Waals surface area contributed by atoms with Gasteiger partial charge >= 0.3 is 5.97 Å². The molecule has 0 radical (unpaired) electrons. The lowest BCUT2D eigenvalue weighted by atomic mass is 10.4. The Balaban J connectivity index is 2.54. The molecule has 0 aromatic heterocycles.